The molecule has 0 aliphatic rings. The number of hydrogen-bond acceptors (Lipinski definition) is 5. The molecular formula is C33H49N2O6P. The van der Waals surface area contributed by atoms with Crippen LogP contribution in [0.4, 0.5) is 5.69 Å². The lowest BCUT2D eigenvalue weighted by molar-refractivity contribution is -0.121. The summed E-state index contributed by atoms with van der Waals surface area (Å²) >= 11 is 0. The Bertz CT molecular complexity index is 1130. The quantitative estimate of drug-likeness (QED) is 0.0294. The van der Waals surface area contributed by atoms with Crippen molar-refractivity contribution in [3.63, 3.8) is 0 Å². The molecule has 232 valence electrons. The van der Waals surface area contributed by atoms with Gasteiger partial charge in [-0.05, 0) is 80.5 Å². The highest BCUT2D eigenvalue weighted by atomic mass is 31.2. The Labute approximate surface area is 251 Å². The van der Waals surface area contributed by atoms with Gasteiger partial charge in [0.1, 0.15) is 5.75 Å². The van der Waals surface area contributed by atoms with Crippen LogP contribution >= 0.6 is 7.60 Å². The summed E-state index contributed by atoms with van der Waals surface area (Å²) in [6.07, 6.45) is 18.6. The highest BCUT2D eigenvalue weighted by Gasteiger charge is 2.23. The molecule has 2 rings (SSSR count). The molecule has 0 fully saturated rings. The first kappa shape index (κ1) is 35.3. The number of hydrogen-bond donors (Lipinski definition) is 4. The Balaban J connectivity index is 1.69. The number of carbonyl (C=O) groups excluding carboxylic acids is 2. The van der Waals surface area contributed by atoms with E-state index in [1.807, 2.05) is 0 Å². The second kappa shape index (κ2) is 20.1. The number of amides is 1. The van der Waals surface area contributed by atoms with Crippen LogP contribution in [0.15, 0.2) is 60.7 Å². The maximum atomic E-state index is 12.5. The fraction of sp³-hybridized carbons (Fsp3) is 0.515. The van der Waals surface area contributed by atoms with E-state index in [1.165, 1.54) is 38.5 Å². The predicted octanol–water partition coefficient (Wildman–Crippen LogP) is 7.34. The number of unbranched alkanes of at least 4 members (excludes halogenated alkanes) is 10. The molecule has 1 atom stereocenters. The largest absolute Gasteiger partial charge is 0.423 e. The lowest BCUT2D eigenvalue weighted by atomic mass is 10.1. The SMILES string of the molecule is CCCCCCCC=CCCCCCCCC(=O)N[C@@H](Cc1ccc(OC(=O)c2ccc(N)cc2)cc1)CP(=O)(O)O. The molecule has 0 spiro atoms. The molecule has 1 amide bonds. The summed E-state index contributed by atoms with van der Waals surface area (Å²) in [4.78, 5) is 43.9. The van der Waals surface area contributed by atoms with E-state index in [-0.39, 0.29) is 12.3 Å². The molecule has 0 bridgehead atoms. The van der Waals surface area contributed by atoms with E-state index in [2.05, 4.69) is 24.4 Å². The van der Waals surface area contributed by atoms with Gasteiger partial charge in [-0.25, -0.2) is 4.79 Å². The first-order valence-electron chi connectivity index (χ1n) is 15.3. The summed E-state index contributed by atoms with van der Waals surface area (Å²) in [6.45, 7) is 2.23. The molecule has 0 radical (unpaired) electrons. The molecule has 0 saturated heterocycles. The number of carbonyl (C=O) groups is 2. The van der Waals surface area contributed by atoms with E-state index < -0.39 is 25.8 Å². The Morgan fingerprint density at radius 3 is 2.02 bits per heavy atom. The number of benzene rings is 2. The number of allylic oxidation sites excluding steroid dienone is 2. The van der Waals surface area contributed by atoms with E-state index in [1.54, 1.807) is 48.5 Å². The zero-order chi connectivity index (χ0) is 30.6. The molecule has 0 unspecified atom stereocenters. The Hall–Kier alpha value is -2.93. The van der Waals surface area contributed by atoms with Gasteiger partial charge in [0.2, 0.25) is 5.91 Å². The Morgan fingerprint density at radius 2 is 1.43 bits per heavy atom. The molecule has 0 heterocycles. The van der Waals surface area contributed by atoms with Gasteiger partial charge in [-0.1, -0.05) is 76.2 Å². The molecule has 42 heavy (non-hydrogen) atoms. The number of nitrogens with two attached hydrogens (primary N) is 1. The van der Waals surface area contributed by atoms with Crippen LogP contribution in [0.1, 0.15) is 106 Å². The van der Waals surface area contributed by atoms with Crippen LogP contribution < -0.4 is 15.8 Å². The summed E-state index contributed by atoms with van der Waals surface area (Å²) in [5.41, 5.74) is 7.32. The minimum Gasteiger partial charge on any atom is -0.423 e. The average Bonchev–Trinajstić information content (AvgIpc) is 2.93. The summed E-state index contributed by atoms with van der Waals surface area (Å²) in [7, 11) is -4.34. The molecule has 0 aromatic heterocycles. The zero-order valence-corrected chi connectivity index (χ0v) is 25.9. The van der Waals surface area contributed by atoms with Crippen LogP contribution in [0.5, 0.6) is 5.75 Å². The Kier molecular flexibility index (Phi) is 16.8. The van der Waals surface area contributed by atoms with Crippen LogP contribution in [-0.2, 0) is 15.8 Å². The molecule has 8 nitrogen and oxygen atoms in total. The third-order valence-corrected chi connectivity index (χ3v) is 7.92. The number of ether oxygens (including phenoxy) is 1. The van der Waals surface area contributed by atoms with E-state index in [0.717, 1.165) is 44.1 Å². The average molecular weight is 601 g/mol. The number of esters is 1. The van der Waals surface area contributed by atoms with Gasteiger partial charge in [-0.2, -0.15) is 0 Å². The number of nitrogens with one attached hydrogen (secondary N) is 1. The van der Waals surface area contributed by atoms with Gasteiger partial charge in [-0.3, -0.25) is 9.36 Å². The normalized spacial score (nSPS) is 12.4. The maximum absolute atomic E-state index is 12.5. The van der Waals surface area contributed by atoms with E-state index in [0.29, 0.717) is 23.4 Å². The van der Waals surface area contributed by atoms with Crippen molar-refractivity contribution in [2.24, 2.45) is 0 Å². The van der Waals surface area contributed by atoms with E-state index in [4.69, 9.17) is 10.5 Å². The number of nitrogen functional groups attached to an aromatic ring is 1. The van der Waals surface area contributed by atoms with Gasteiger partial charge in [0.15, 0.2) is 0 Å². The fourth-order valence-corrected chi connectivity index (χ4v) is 5.49. The van der Waals surface area contributed by atoms with E-state index in [9.17, 15) is 23.9 Å². The van der Waals surface area contributed by atoms with Crippen LogP contribution in [-0.4, -0.2) is 33.9 Å². The predicted molar refractivity (Wildman–Crippen MR) is 170 cm³/mol. The maximum Gasteiger partial charge on any atom is 0.343 e. The third kappa shape index (κ3) is 16.5. The standard InChI is InChI=1S/C33H49N2O6P/c1-2-3-4-5-6-7-8-9-10-11-12-13-14-15-16-32(36)35-30(26-42(38,39)40)25-27-17-23-31(24-18-27)41-33(37)28-19-21-29(34)22-20-28/h8-9,17-24,30H,2-7,10-16,25-26,34H2,1H3,(H,35,36)(H2,38,39,40)/t30-/m0/s1. The highest BCUT2D eigenvalue weighted by molar-refractivity contribution is 7.51. The van der Waals surface area contributed by atoms with Gasteiger partial charge >= 0.3 is 13.6 Å². The van der Waals surface area contributed by atoms with Gasteiger partial charge in [0, 0.05) is 18.2 Å². The number of anilines is 1. The van der Waals surface area contributed by atoms with Crippen molar-refractivity contribution in [2.75, 3.05) is 11.9 Å². The van der Waals surface area contributed by atoms with E-state index >= 15 is 0 Å². The van der Waals surface area contributed by atoms with Gasteiger partial charge in [0.25, 0.3) is 0 Å². The van der Waals surface area contributed by atoms with Crippen molar-refractivity contribution in [2.45, 2.75) is 103 Å². The monoisotopic (exact) mass is 600 g/mol. The van der Waals surface area contributed by atoms with Gasteiger partial charge in [-0.15, -0.1) is 0 Å². The minimum atomic E-state index is -4.34. The first-order valence-corrected chi connectivity index (χ1v) is 17.1. The molecule has 2 aromatic carbocycles. The second-order valence-corrected chi connectivity index (χ2v) is 12.6. The minimum absolute atomic E-state index is 0.204. The van der Waals surface area contributed by atoms with Crippen LogP contribution in [0, 0.1) is 0 Å². The molecular weight excluding hydrogens is 551 g/mol. The number of rotatable bonds is 21. The summed E-state index contributed by atoms with van der Waals surface area (Å²) in [6, 6.07) is 12.4. The van der Waals surface area contributed by atoms with Crippen molar-refractivity contribution in [1.82, 2.24) is 5.32 Å². The summed E-state index contributed by atoms with van der Waals surface area (Å²) < 4.78 is 17.1. The first-order chi connectivity index (χ1) is 20.2. The molecule has 9 heteroatoms. The topological polar surface area (TPSA) is 139 Å². The molecule has 0 aliphatic heterocycles. The van der Waals surface area contributed by atoms with Gasteiger partial charge in [0.05, 0.1) is 11.7 Å². The molecule has 5 N–H and O–H groups in total. The van der Waals surface area contributed by atoms with Crippen LogP contribution in [0.3, 0.4) is 0 Å². The second-order valence-electron chi connectivity index (χ2n) is 11.0. The van der Waals surface area contributed by atoms with Crippen LogP contribution in [0.2, 0.25) is 0 Å². The molecule has 0 aliphatic carbocycles. The molecule has 2 aromatic rings. The van der Waals surface area contributed by atoms with Gasteiger partial charge < -0.3 is 25.6 Å². The smallest absolute Gasteiger partial charge is 0.343 e. The van der Waals surface area contributed by atoms with Crippen molar-refractivity contribution in [3.05, 3.63) is 71.8 Å². The third-order valence-electron chi connectivity index (χ3n) is 7.00. The lowest BCUT2D eigenvalue weighted by Gasteiger charge is -2.20. The zero-order valence-electron chi connectivity index (χ0n) is 25.0. The summed E-state index contributed by atoms with van der Waals surface area (Å²) in [5.74, 6) is -0.385. The van der Waals surface area contributed by atoms with Crippen molar-refractivity contribution < 1.29 is 28.7 Å². The van der Waals surface area contributed by atoms with Crippen molar-refractivity contribution in [3.8, 4) is 5.75 Å². The molecule has 0 saturated carbocycles. The van der Waals surface area contributed by atoms with Crippen LogP contribution in [0.25, 0.3) is 0 Å². The Morgan fingerprint density at radius 1 is 0.857 bits per heavy atom. The lowest BCUT2D eigenvalue weighted by Crippen LogP contribution is -2.39. The fourth-order valence-electron chi connectivity index (χ4n) is 4.69. The van der Waals surface area contributed by atoms with Crippen molar-refractivity contribution in [1.29, 1.82) is 0 Å². The summed E-state index contributed by atoms with van der Waals surface area (Å²) in [5, 5.41) is 2.81. The van der Waals surface area contributed by atoms with Crippen molar-refractivity contribution >= 4 is 25.2 Å². The highest BCUT2D eigenvalue weighted by Crippen LogP contribution is 2.35.